The molecule has 0 unspecified atom stereocenters. The number of hydrogen-bond donors (Lipinski definition) is 1. The highest BCUT2D eigenvalue weighted by Gasteiger charge is 1.91. The van der Waals surface area contributed by atoms with Crippen molar-refractivity contribution in [2.45, 2.75) is 6.54 Å². The predicted octanol–water partition coefficient (Wildman–Crippen LogP) is -0.442. The van der Waals surface area contributed by atoms with Gasteiger partial charge in [-0.05, 0) is 0 Å². The van der Waals surface area contributed by atoms with Crippen LogP contribution in [0.25, 0.3) is 0 Å². The summed E-state index contributed by atoms with van der Waals surface area (Å²) in [5.41, 5.74) is -0.255. The van der Waals surface area contributed by atoms with Crippen LogP contribution in [0.2, 0.25) is 0 Å². The average Bonchev–Trinajstić information content (AvgIpc) is 2.18. The van der Waals surface area contributed by atoms with Crippen molar-refractivity contribution in [3.05, 3.63) is 29.5 Å². The molecule has 1 N–H and O–H groups in total. The molecule has 0 aliphatic rings. The van der Waals surface area contributed by atoms with Gasteiger partial charge in [0.1, 0.15) is 0 Å². The third-order valence-corrected chi connectivity index (χ3v) is 0.879. The Labute approximate surface area is 51.8 Å². The zero-order valence-corrected chi connectivity index (χ0v) is 4.79. The van der Waals surface area contributed by atoms with Crippen molar-refractivity contribution in [3.63, 3.8) is 0 Å². The van der Waals surface area contributed by atoms with Gasteiger partial charge in [0.15, 0.2) is 0 Å². The molecule has 1 aromatic rings. The number of aromatic nitrogens is 3. The van der Waals surface area contributed by atoms with Crippen LogP contribution in [0.15, 0.2) is 17.4 Å². The second-order valence-electron chi connectivity index (χ2n) is 1.53. The van der Waals surface area contributed by atoms with Crippen molar-refractivity contribution in [1.82, 2.24) is 14.8 Å². The minimum absolute atomic E-state index is 0.255. The number of allylic oxidation sites excluding steroid dienone is 1. The Kier molecular flexibility index (Phi) is 1.48. The van der Waals surface area contributed by atoms with Gasteiger partial charge in [0, 0.05) is 6.54 Å². The fourth-order valence-corrected chi connectivity index (χ4v) is 0.492. The normalized spacial score (nSPS) is 9.33. The Morgan fingerprint density at radius 1 is 2.00 bits per heavy atom. The van der Waals surface area contributed by atoms with Gasteiger partial charge >= 0.3 is 5.69 Å². The van der Waals surface area contributed by atoms with E-state index in [2.05, 4.69) is 23.1 Å². The summed E-state index contributed by atoms with van der Waals surface area (Å²) in [6.07, 6.45) is 4.04. The van der Waals surface area contributed by atoms with Crippen molar-refractivity contribution in [1.29, 1.82) is 0 Å². The topological polar surface area (TPSA) is 50.7 Å². The first-order chi connectivity index (χ1) is 4.34. The molecule has 1 radical (unpaired) electrons. The van der Waals surface area contributed by atoms with E-state index in [-0.39, 0.29) is 5.69 Å². The van der Waals surface area contributed by atoms with Gasteiger partial charge in [-0.3, -0.25) is 4.57 Å². The molecule has 0 spiro atoms. The van der Waals surface area contributed by atoms with Crippen LogP contribution in [0.5, 0.6) is 0 Å². The molecule has 0 fully saturated rings. The SMILES string of the molecule is C=CCn1[c]n[nH]c1=O. The highest BCUT2D eigenvalue weighted by molar-refractivity contribution is 4.71. The van der Waals surface area contributed by atoms with E-state index in [1.165, 1.54) is 4.57 Å². The summed E-state index contributed by atoms with van der Waals surface area (Å²) < 4.78 is 1.30. The number of nitrogens with zero attached hydrogens (tertiary/aromatic N) is 2. The summed E-state index contributed by atoms with van der Waals surface area (Å²) in [5.74, 6) is 0. The molecule has 4 nitrogen and oxygen atoms in total. The molecule has 0 aliphatic carbocycles. The van der Waals surface area contributed by atoms with Crippen LogP contribution in [0.1, 0.15) is 0 Å². The van der Waals surface area contributed by atoms with Gasteiger partial charge in [0.2, 0.25) is 6.33 Å². The van der Waals surface area contributed by atoms with Gasteiger partial charge < -0.3 is 0 Å². The van der Waals surface area contributed by atoms with Crippen molar-refractivity contribution in [3.8, 4) is 0 Å². The van der Waals surface area contributed by atoms with Gasteiger partial charge in [0.25, 0.3) is 0 Å². The number of hydrogen-bond acceptors (Lipinski definition) is 2. The fraction of sp³-hybridized carbons (Fsp3) is 0.200. The van der Waals surface area contributed by atoms with Crippen LogP contribution >= 0.6 is 0 Å². The van der Waals surface area contributed by atoms with Gasteiger partial charge in [-0.1, -0.05) is 6.08 Å². The average molecular weight is 124 g/mol. The maximum atomic E-state index is 10.6. The van der Waals surface area contributed by atoms with Crippen molar-refractivity contribution < 1.29 is 0 Å². The molecule has 0 saturated carbocycles. The van der Waals surface area contributed by atoms with Crippen LogP contribution in [0.3, 0.4) is 0 Å². The summed E-state index contributed by atoms with van der Waals surface area (Å²) in [7, 11) is 0. The Hall–Kier alpha value is -1.32. The first-order valence-corrected chi connectivity index (χ1v) is 2.48. The fourth-order valence-electron chi connectivity index (χ4n) is 0.492. The third-order valence-electron chi connectivity index (χ3n) is 0.879. The zero-order chi connectivity index (χ0) is 6.69. The molecule has 1 rings (SSSR count). The minimum atomic E-state index is -0.255. The summed E-state index contributed by atoms with van der Waals surface area (Å²) in [6.45, 7) is 3.91. The number of aromatic amines is 1. The second-order valence-corrected chi connectivity index (χ2v) is 1.53. The first-order valence-electron chi connectivity index (χ1n) is 2.48. The summed E-state index contributed by atoms with van der Waals surface area (Å²) >= 11 is 0. The van der Waals surface area contributed by atoms with Crippen LogP contribution in [-0.4, -0.2) is 14.8 Å². The maximum absolute atomic E-state index is 10.6. The van der Waals surface area contributed by atoms with Crippen LogP contribution in [0, 0.1) is 6.33 Å². The lowest BCUT2D eigenvalue weighted by Crippen LogP contribution is -2.15. The quantitative estimate of drug-likeness (QED) is 0.543. The highest BCUT2D eigenvalue weighted by atomic mass is 16.1. The summed E-state index contributed by atoms with van der Waals surface area (Å²) in [6, 6.07) is 0. The van der Waals surface area contributed by atoms with E-state index in [0.29, 0.717) is 6.54 Å². The van der Waals surface area contributed by atoms with E-state index in [1.807, 2.05) is 0 Å². The lowest BCUT2D eigenvalue weighted by atomic mass is 10.6. The van der Waals surface area contributed by atoms with E-state index in [0.717, 1.165) is 0 Å². The first kappa shape index (κ1) is 5.81. The molecule has 0 atom stereocenters. The molecule has 4 heteroatoms. The second kappa shape index (κ2) is 2.30. The van der Waals surface area contributed by atoms with E-state index in [4.69, 9.17) is 0 Å². The molecule has 0 saturated heterocycles. The van der Waals surface area contributed by atoms with Crippen molar-refractivity contribution >= 4 is 0 Å². The maximum Gasteiger partial charge on any atom is 0.343 e. The molecule has 9 heavy (non-hydrogen) atoms. The number of rotatable bonds is 2. The van der Waals surface area contributed by atoms with Crippen LogP contribution in [0.4, 0.5) is 0 Å². The van der Waals surface area contributed by atoms with Gasteiger partial charge in [-0.25, -0.2) is 9.89 Å². The molecule has 0 bridgehead atoms. The molecule has 0 aliphatic heterocycles. The predicted molar refractivity (Wildman–Crippen MR) is 31.9 cm³/mol. The Balaban J connectivity index is 2.93. The smallest absolute Gasteiger partial charge is 0.269 e. The summed E-state index contributed by atoms with van der Waals surface area (Å²) in [4.78, 5) is 10.6. The minimum Gasteiger partial charge on any atom is -0.269 e. The van der Waals surface area contributed by atoms with E-state index in [1.54, 1.807) is 6.08 Å². The Morgan fingerprint density at radius 3 is 3.22 bits per heavy atom. The lowest BCUT2D eigenvalue weighted by molar-refractivity contribution is 0.776. The Morgan fingerprint density at radius 2 is 2.78 bits per heavy atom. The van der Waals surface area contributed by atoms with E-state index >= 15 is 0 Å². The molecule has 0 aromatic carbocycles. The lowest BCUT2D eigenvalue weighted by Gasteiger charge is -1.86. The standard InChI is InChI=1S/C5H6N3O/c1-2-3-8-4-6-7-5(8)9/h2H,1,3H2,(H,7,9). The molecule has 0 amide bonds. The number of nitrogens with one attached hydrogen (secondary N) is 1. The summed E-state index contributed by atoms with van der Waals surface area (Å²) in [5, 5.41) is 5.60. The largest absolute Gasteiger partial charge is 0.343 e. The van der Waals surface area contributed by atoms with E-state index < -0.39 is 0 Å². The Bertz CT molecular complexity index is 247. The molecule has 1 aromatic heterocycles. The van der Waals surface area contributed by atoms with Crippen molar-refractivity contribution in [2.75, 3.05) is 0 Å². The monoisotopic (exact) mass is 124 g/mol. The van der Waals surface area contributed by atoms with Gasteiger partial charge in [-0.2, -0.15) is 0 Å². The van der Waals surface area contributed by atoms with E-state index in [9.17, 15) is 4.79 Å². The number of H-pyrrole nitrogens is 1. The van der Waals surface area contributed by atoms with Gasteiger partial charge in [-0.15, -0.1) is 11.7 Å². The molecular formula is C5H6N3O. The van der Waals surface area contributed by atoms with Crippen LogP contribution in [-0.2, 0) is 6.54 Å². The highest BCUT2D eigenvalue weighted by Crippen LogP contribution is 1.72. The third kappa shape index (κ3) is 1.07. The van der Waals surface area contributed by atoms with Crippen molar-refractivity contribution in [2.24, 2.45) is 0 Å². The molecular weight excluding hydrogens is 118 g/mol. The van der Waals surface area contributed by atoms with Crippen LogP contribution < -0.4 is 5.69 Å². The molecule has 47 valence electrons. The zero-order valence-electron chi connectivity index (χ0n) is 4.79. The molecule has 1 heterocycles. The van der Waals surface area contributed by atoms with Gasteiger partial charge in [0.05, 0.1) is 0 Å².